The van der Waals surface area contributed by atoms with E-state index < -0.39 is 21.7 Å². The van der Waals surface area contributed by atoms with Crippen LogP contribution in [0.3, 0.4) is 0 Å². The number of amides is 1. The highest BCUT2D eigenvalue weighted by molar-refractivity contribution is 9.10. The first-order valence-corrected chi connectivity index (χ1v) is 10.1. The molecule has 6 nitrogen and oxygen atoms in total. The van der Waals surface area contributed by atoms with Gasteiger partial charge in [0, 0.05) is 23.6 Å². The molecule has 1 saturated carbocycles. The lowest BCUT2D eigenvalue weighted by atomic mass is 10.0. The van der Waals surface area contributed by atoms with E-state index in [-0.39, 0.29) is 16.9 Å². The molecule has 24 heavy (non-hydrogen) atoms. The molecule has 0 aromatic heterocycles. The van der Waals surface area contributed by atoms with Gasteiger partial charge < -0.3 is 11.1 Å². The number of carbonyl (C=O) groups is 1. The molecule has 1 aliphatic carbocycles. The highest BCUT2D eigenvalue weighted by Gasteiger charge is 2.41. The van der Waals surface area contributed by atoms with E-state index in [0.717, 1.165) is 12.8 Å². The number of sulfonamides is 1. The predicted octanol–water partition coefficient (Wildman–Crippen LogP) is 2.06. The van der Waals surface area contributed by atoms with Gasteiger partial charge in [-0.3, -0.25) is 4.79 Å². The standard InChI is InChI=1S/C15H19BrFN3O3S/c16-9-7-12(17)14(15(18)21)13(8-9)19-10-3-5-20(6-4-10)24(22,23)11-1-2-11/h7-8,10-11,19H,1-6H2,(H2,18,21). The Hall–Kier alpha value is -1.19. The van der Waals surface area contributed by atoms with Gasteiger partial charge in [0.15, 0.2) is 0 Å². The van der Waals surface area contributed by atoms with Gasteiger partial charge in [-0.15, -0.1) is 0 Å². The van der Waals surface area contributed by atoms with Gasteiger partial charge in [-0.1, -0.05) is 15.9 Å². The fourth-order valence-corrected chi connectivity index (χ4v) is 5.29. The molecule has 132 valence electrons. The maximum Gasteiger partial charge on any atom is 0.253 e. The Bertz CT molecular complexity index is 759. The molecule has 1 amide bonds. The van der Waals surface area contributed by atoms with Crippen molar-refractivity contribution in [2.24, 2.45) is 5.73 Å². The maximum atomic E-state index is 14.0. The zero-order valence-electron chi connectivity index (χ0n) is 13.0. The van der Waals surface area contributed by atoms with Crippen LogP contribution in [0.5, 0.6) is 0 Å². The normalized spacial score (nSPS) is 20.1. The van der Waals surface area contributed by atoms with Crippen molar-refractivity contribution in [2.75, 3.05) is 18.4 Å². The Kier molecular flexibility index (Phi) is 4.85. The largest absolute Gasteiger partial charge is 0.381 e. The van der Waals surface area contributed by atoms with E-state index in [2.05, 4.69) is 21.2 Å². The van der Waals surface area contributed by atoms with Gasteiger partial charge >= 0.3 is 0 Å². The Morgan fingerprint density at radius 2 is 1.88 bits per heavy atom. The summed E-state index contributed by atoms with van der Waals surface area (Å²) in [6, 6.07) is 2.76. The molecule has 0 atom stereocenters. The van der Waals surface area contributed by atoms with Crippen molar-refractivity contribution in [3.05, 3.63) is 28.0 Å². The maximum absolute atomic E-state index is 14.0. The van der Waals surface area contributed by atoms with Crippen LogP contribution in [0.1, 0.15) is 36.0 Å². The van der Waals surface area contributed by atoms with Crippen LogP contribution in [0.15, 0.2) is 16.6 Å². The second-order valence-corrected chi connectivity index (χ2v) is 9.37. The average molecular weight is 420 g/mol. The zero-order chi connectivity index (χ0) is 17.5. The molecular formula is C15H19BrFN3O3S. The third-order valence-corrected chi connectivity index (χ3v) is 7.28. The highest BCUT2D eigenvalue weighted by atomic mass is 79.9. The SMILES string of the molecule is NC(=O)c1c(F)cc(Br)cc1NC1CCN(S(=O)(=O)C2CC2)CC1. The Morgan fingerprint density at radius 3 is 2.42 bits per heavy atom. The van der Waals surface area contributed by atoms with E-state index in [4.69, 9.17) is 5.73 Å². The molecule has 1 heterocycles. The van der Waals surface area contributed by atoms with E-state index >= 15 is 0 Å². The molecule has 0 radical (unpaired) electrons. The van der Waals surface area contributed by atoms with Crippen LogP contribution in [0.25, 0.3) is 0 Å². The van der Waals surface area contributed by atoms with Crippen LogP contribution in [0.4, 0.5) is 10.1 Å². The second kappa shape index (κ2) is 6.61. The van der Waals surface area contributed by atoms with Crippen LogP contribution in [-0.2, 0) is 10.0 Å². The van der Waals surface area contributed by atoms with Gasteiger partial charge in [-0.25, -0.2) is 17.1 Å². The number of rotatable bonds is 5. The van der Waals surface area contributed by atoms with E-state index in [1.807, 2.05) is 0 Å². The molecule has 0 spiro atoms. The minimum atomic E-state index is -3.16. The van der Waals surface area contributed by atoms with Crippen LogP contribution in [-0.4, -0.2) is 43.0 Å². The minimum Gasteiger partial charge on any atom is -0.381 e. The number of piperidine rings is 1. The monoisotopic (exact) mass is 419 g/mol. The van der Waals surface area contributed by atoms with Crippen molar-refractivity contribution >= 4 is 37.5 Å². The third-order valence-electron chi connectivity index (χ3n) is 4.42. The summed E-state index contributed by atoms with van der Waals surface area (Å²) in [6.45, 7) is 0.859. The van der Waals surface area contributed by atoms with Crippen molar-refractivity contribution < 1.29 is 17.6 Å². The van der Waals surface area contributed by atoms with Gasteiger partial charge in [0.1, 0.15) is 5.82 Å². The molecule has 0 unspecified atom stereocenters. The smallest absolute Gasteiger partial charge is 0.253 e. The number of hydrogen-bond acceptors (Lipinski definition) is 4. The first-order chi connectivity index (χ1) is 11.3. The minimum absolute atomic E-state index is 0.0394. The van der Waals surface area contributed by atoms with Crippen molar-refractivity contribution in [1.29, 1.82) is 0 Å². The third kappa shape index (κ3) is 3.57. The molecule has 0 bridgehead atoms. The van der Waals surface area contributed by atoms with Crippen molar-refractivity contribution in [1.82, 2.24) is 4.31 Å². The summed E-state index contributed by atoms with van der Waals surface area (Å²) in [5, 5.41) is 2.93. The van der Waals surface area contributed by atoms with Gasteiger partial charge in [-0.05, 0) is 37.8 Å². The lowest BCUT2D eigenvalue weighted by Crippen LogP contribution is -2.43. The summed E-state index contributed by atoms with van der Waals surface area (Å²) in [5.74, 6) is -1.52. The molecule has 1 aromatic carbocycles. The summed E-state index contributed by atoms with van der Waals surface area (Å²) in [4.78, 5) is 11.5. The number of carbonyl (C=O) groups excluding carboxylic acids is 1. The molecule has 1 saturated heterocycles. The lowest BCUT2D eigenvalue weighted by molar-refractivity contribution is 0.0997. The van der Waals surface area contributed by atoms with E-state index in [9.17, 15) is 17.6 Å². The van der Waals surface area contributed by atoms with Crippen LogP contribution in [0.2, 0.25) is 0 Å². The molecule has 3 N–H and O–H groups in total. The number of nitrogens with zero attached hydrogens (tertiary/aromatic N) is 1. The summed E-state index contributed by atoms with van der Waals surface area (Å²) in [7, 11) is -3.16. The summed E-state index contributed by atoms with van der Waals surface area (Å²) in [6.07, 6.45) is 2.69. The summed E-state index contributed by atoms with van der Waals surface area (Å²) < 4.78 is 40.5. The van der Waals surface area contributed by atoms with Crippen LogP contribution in [0, 0.1) is 5.82 Å². The van der Waals surface area contributed by atoms with Crippen molar-refractivity contribution in [2.45, 2.75) is 37.0 Å². The van der Waals surface area contributed by atoms with Gasteiger partial charge in [0.05, 0.1) is 16.5 Å². The number of hydrogen-bond donors (Lipinski definition) is 2. The van der Waals surface area contributed by atoms with Gasteiger partial charge in [-0.2, -0.15) is 0 Å². The Labute approximate surface area is 148 Å². The predicted molar refractivity (Wildman–Crippen MR) is 92.8 cm³/mol. The number of primary amides is 1. The number of benzene rings is 1. The fraction of sp³-hybridized carbons (Fsp3) is 0.533. The first kappa shape index (κ1) is 17.6. The molecule has 9 heteroatoms. The molecule has 1 aliphatic heterocycles. The number of nitrogens with two attached hydrogens (primary N) is 1. The second-order valence-electron chi connectivity index (χ2n) is 6.24. The van der Waals surface area contributed by atoms with E-state index in [1.54, 1.807) is 10.4 Å². The molecular weight excluding hydrogens is 401 g/mol. The molecule has 3 rings (SSSR count). The quantitative estimate of drug-likeness (QED) is 0.763. The van der Waals surface area contributed by atoms with Gasteiger partial charge in [0.2, 0.25) is 10.0 Å². The molecule has 1 aromatic rings. The fourth-order valence-electron chi connectivity index (χ4n) is 2.99. The first-order valence-electron chi connectivity index (χ1n) is 7.83. The van der Waals surface area contributed by atoms with Gasteiger partial charge in [0.25, 0.3) is 5.91 Å². The van der Waals surface area contributed by atoms with E-state index in [1.165, 1.54) is 6.07 Å². The highest BCUT2D eigenvalue weighted by Crippen LogP contribution is 2.33. The van der Waals surface area contributed by atoms with Crippen molar-refractivity contribution in [3.63, 3.8) is 0 Å². The summed E-state index contributed by atoms with van der Waals surface area (Å²) >= 11 is 3.20. The molecule has 2 aliphatic rings. The van der Waals surface area contributed by atoms with Crippen LogP contribution >= 0.6 is 15.9 Å². The Morgan fingerprint density at radius 1 is 1.25 bits per heavy atom. The lowest BCUT2D eigenvalue weighted by Gasteiger charge is -2.32. The number of nitrogens with one attached hydrogen (secondary N) is 1. The number of anilines is 1. The van der Waals surface area contributed by atoms with Crippen LogP contribution < -0.4 is 11.1 Å². The topological polar surface area (TPSA) is 92.5 Å². The summed E-state index contributed by atoms with van der Waals surface area (Å²) in [5.41, 5.74) is 5.42. The van der Waals surface area contributed by atoms with Crippen molar-refractivity contribution in [3.8, 4) is 0 Å². The number of halogens is 2. The van der Waals surface area contributed by atoms with E-state index in [0.29, 0.717) is 36.1 Å². The zero-order valence-corrected chi connectivity index (χ0v) is 15.4. The molecule has 2 fully saturated rings. The average Bonchev–Trinajstić information content (AvgIpc) is 3.31. The Balaban J connectivity index is 1.69.